The average molecular weight is 322 g/mol. The lowest BCUT2D eigenvalue weighted by molar-refractivity contribution is 0.180. The Balaban J connectivity index is 2.95. The maximum atomic E-state index is 11.5. The molecule has 0 saturated carbocycles. The van der Waals surface area contributed by atoms with Crippen LogP contribution in [0.2, 0.25) is 0 Å². The predicted octanol–water partition coefficient (Wildman–Crippen LogP) is 1.86. The smallest absolute Gasteiger partial charge is 0.264 e. The molecule has 84 valence electrons. The van der Waals surface area contributed by atoms with E-state index in [2.05, 4.69) is 16.9 Å². The second-order valence-corrected chi connectivity index (χ2v) is 4.39. The van der Waals surface area contributed by atoms with E-state index in [0.717, 1.165) is 30.8 Å². The van der Waals surface area contributed by atoms with Crippen LogP contribution in [0.25, 0.3) is 0 Å². The lowest BCUT2D eigenvalue weighted by Crippen LogP contribution is -2.18. The van der Waals surface area contributed by atoms with Gasteiger partial charge in [-0.1, -0.05) is 13.3 Å². The first-order chi connectivity index (χ1) is 7.19. The molecule has 0 radical (unpaired) electrons. The summed E-state index contributed by atoms with van der Waals surface area (Å²) in [6.07, 6.45) is 2.95. The molecule has 0 aliphatic carbocycles. The fourth-order valence-electron chi connectivity index (χ4n) is 1.25. The Morgan fingerprint density at radius 2 is 2.27 bits per heavy atom. The van der Waals surface area contributed by atoms with Crippen LogP contribution in [0.4, 0.5) is 0 Å². The quantitative estimate of drug-likeness (QED) is 0.842. The van der Waals surface area contributed by atoms with E-state index >= 15 is 0 Å². The number of hydrogen-bond donors (Lipinski definition) is 1. The van der Waals surface area contributed by atoms with E-state index in [0.29, 0.717) is 10.2 Å². The molecule has 1 N–H and O–H groups in total. The Morgan fingerprint density at radius 1 is 1.53 bits per heavy atom. The minimum atomic E-state index is -0.0660. The maximum Gasteiger partial charge on any atom is 0.264 e. The van der Waals surface area contributed by atoms with Crippen molar-refractivity contribution < 1.29 is 4.74 Å². The second-order valence-electron chi connectivity index (χ2n) is 3.31. The number of methoxy groups -OCH3 is 1. The van der Waals surface area contributed by atoms with E-state index in [1.54, 1.807) is 7.11 Å². The molecule has 0 aliphatic heterocycles. The van der Waals surface area contributed by atoms with Crippen LogP contribution in [0.1, 0.15) is 31.3 Å². The molecule has 0 unspecified atom stereocenters. The molecule has 1 aromatic rings. The van der Waals surface area contributed by atoms with Crippen molar-refractivity contribution in [2.45, 2.75) is 32.8 Å². The fourth-order valence-corrected chi connectivity index (χ4v) is 1.66. The minimum absolute atomic E-state index is 0.0660. The highest BCUT2D eigenvalue weighted by atomic mass is 127. The largest absolute Gasteiger partial charge is 0.378 e. The van der Waals surface area contributed by atoms with Gasteiger partial charge in [-0.15, -0.1) is 0 Å². The summed E-state index contributed by atoms with van der Waals surface area (Å²) in [7, 11) is 1.60. The summed E-state index contributed by atoms with van der Waals surface area (Å²) in [6, 6.07) is 0. The molecule has 1 rings (SSSR count). The number of rotatable bonds is 5. The van der Waals surface area contributed by atoms with Crippen LogP contribution in [0, 0.1) is 3.57 Å². The van der Waals surface area contributed by atoms with Gasteiger partial charge in [0.1, 0.15) is 9.39 Å². The van der Waals surface area contributed by atoms with E-state index in [-0.39, 0.29) is 5.56 Å². The number of hydrogen-bond acceptors (Lipinski definition) is 3. The highest BCUT2D eigenvalue weighted by molar-refractivity contribution is 14.1. The van der Waals surface area contributed by atoms with Crippen LogP contribution in [-0.4, -0.2) is 17.1 Å². The number of unbranched alkanes of at least 4 members (excludes halogenated alkanes) is 1. The van der Waals surface area contributed by atoms with Gasteiger partial charge in [0.15, 0.2) is 0 Å². The van der Waals surface area contributed by atoms with Crippen molar-refractivity contribution in [3.63, 3.8) is 0 Å². The van der Waals surface area contributed by atoms with Crippen LogP contribution in [0.15, 0.2) is 4.79 Å². The van der Waals surface area contributed by atoms with Gasteiger partial charge in [0, 0.05) is 13.5 Å². The Labute approximate surface area is 103 Å². The van der Waals surface area contributed by atoms with Crippen molar-refractivity contribution in [3.8, 4) is 0 Å². The summed E-state index contributed by atoms with van der Waals surface area (Å²) in [4.78, 5) is 18.7. The molecule has 0 aliphatic rings. The van der Waals surface area contributed by atoms with Gasteiger partial charge in [-0.3, -0.25) is 4.79 Å². The van der Waals surface area contributed by atoms with Gasteiger partial charge < -0.3 is 9.72 Å². The van der Waals surface area contributed by atoms with Crippen molar-refractivity contribution in [2.24, 2.45) is 0 Å². The highest BCUT2D eigenvalue weighted by Crippen LogP contribution is 2.07. The monoisotopic (exact) mass is 322 g/mol. The molecule has 0 bridgehead atoms. The lowest BCUT2D eigenvalue weighted by atomic mass is 10.2. The van der Waals surface area contributed by atoms with Gasteiger partial charge in [-0.2, -0.15) is 0 Å². The molecule has 0 saturated heterocycles. The summed E-state index contributed by atoms with van der Waals surface area (Å²) < 4.78 is 5.62. The van der Waals surface area contributed by atoms with Crippen LogP contribution in [-0.2, 0) is 17.8 Å². The van der Waals surface area contributed by atoms with E-state index < -0.39 is 0 Å². The zero-order valence-corrected chi connectivity index (χ0v) is 11.1. The number of nitrogens with one attached hydrogen (secondary N) is 1. The van der Waals surface area contributed by atoms with Gasteiger partial charge >= 0.3 is 0 Å². The van der Waals surface area contributed by atoms with Gasteiger partial charge in [0.25, 0.3) is 5.56 Å². The predicted molar refractivity (Wildman–Crippen MR) is 66.9 cm³/mol. The van der Waals surface area contributed by atoms with E-state index in [1.165, 1.54) is 0 Å². The molecular weight excluding hydrogens is 307 g/mol. The number of aryl methyl sites for hydroxylation is 1. The zero-order valence-electron chi connectivity index (χ0n) is 8.97. The number of aromatic nitrogens is 2. The SMILES string of the molecule is CCCCc1nc(COC)c(I)c(=O)[nH]1. The van der Waals surface area contributed by atoms with Crippen molar-refractivity contribution in [1.82, 2.24) is 9.97 Å². The molecule has 0 aromatic carbocycles. The zero-order chi connectivity index (χ0) is 11.3. The van der Waals surface area contributed by atoms with Crippen molar-refractivity contribution in [3.05, 3.63) is 25.4 Å². The third-order valence-corrected chi connectivity index (χ3v) is 3.14. The molecule has 0 fully saturated rings. The number of halogens is 1. The normalized spacial score (nSPS) is 10.6. The van der Waals surface area contributed by atoms with E-state index in [9.17, 15) is 4.79 Å². The van der Waals surface area contributed by atoms with Gasteiger partial charge in [-0.05, 0) is 29.0 Å². The van der Waals surface area contributed by atoms with Crippen LogP contribution in [0.3, 0.4) is 0 Å². The van der Waals surface area contributed by atoms with E-state index in [4.69, 9.17) is 4.74 Å². The fraction of sp³-hybridized carbons (Fsp3) is 0.600. The van der Waals surface area contributed by atoms with Gasteiger partial charge in [-0.25, -0.2) is 4.98 Å². The topological polar surface area (TPSA) is 55.0 Å². The average Bonchev–Trinajstić information content (AvgIpc) is 2.22. The summed E-state index contributed by atoms with van der Waals surface area (Å²) in [5, 5.41) is 0. The first kappa shape index (κ1) is 12.6. The molecule has 0 atom stereocenters. The molecule has 0 amide bonds. The summed E-state index contributed by atoms with van der Waals surface area (Å²) in [6.45, 7) is 2.50. The number of H-pyrrole nitrogens is 1. The Hall–Kier alpha value is -0.430. The first-order valence-electron chi connectivity index (χ1n) is 4.95. The number of nitrogens with zero attached hydrogens (tertiary/aromatic N) is 1. The van der Waals surface area contributed by atoms with Gasteiger partial charge in [0.2, 0.25) is 0 Å². The minimum Gasteiger partial charge on any atom is -0.378 e. The molecule has 5 heteroatoms. The van der Waals surface area contributed by atoms with Gasteiger partial charge in [0.05, 0.1) is 12.3 Å². The highest BCUT2D eigenvalue weighted by Gasteiger charge is 2.08. The number of aromatic amines is 1. The Morgan fingerprint density at radius 3 is 2.87 bits per heavy atom. The molecule has 1 aromatic heterocycles. The number of ether oxygens (including phenoxy) is 1. The van der Waals surface area contributed by atoms with Crippen molar-refractivity contribution in [1.29, 1.82) is 0 Å². The van der Waals surface area contributed by atoms with E-state index in [1.807, 2.05) is 22.6 Å². The summed E-state index contributed by atoms with van der Waals surface area (Å²) in [5.41, 5.74) is 0.664. The third kappa shape index (κ3) is 3.57. The van der Waals surface area contributed by atoms with Crippen LogP contribution < -0.4 is 5.56 Å². The molecule has 0 spiro atoms. The second kappa shape index (κ2) is 6.22. The third-order valence-electron chi connectivity index (χ3n) is 2.03. The van der Waals surface area contributed by atoms with Crippen molar-refractivity contribution >= 4 is 22.6 Å². The van der Waals surface area contributed by atoms with Crippen LogP contribution in [0.5, 0.6) is 0 Å². The Bertz CT molecular complexity index is 376. The standard InChI is InChI=1S/C10H15IN2O2/c1-3-4-5-8-12-7(6-15-2)9(11)10(14)13-8/h3-6H2,1-2H3,(H,12,13,14). The van der Waals surface area contributed by atoms with Crippen molar-refractivity contribution in [2.75, 3.05) is 7.11 Å². The van der Waals surface area contributed by atoms with Crippen LogP contribution >= 0.6 is 22.6 Å². The molecule has 4 nitrogen and oxygen atoms in total. The first-order valence-corrected chi connectivity index (χ1v) is 6.03. The summed E-state index contributed by atoms with van der Waals surface area (Å²) >= 11 is 2.00. The molecular formula is C10H15IN2O2. The Kier molecular flexibility index (Phi) is 5.24. The summed E-state index contributed by atoms with van der Waals surface area (Å²) in [5.74, 6) is 0.759. The molecule has 15 heavy (non-hydrogen) atoms. The molecule has 1 heterocycles. The lowest BCUT2D eigenvalue weighted by Gasteiger charge is -2.05. The maximum absolute atomic E-state index is 11.5.